The summed E-state index contributed by atoms with van der Waals surface area (Å²) < 4.78 is 0. The van der Waals surface area contributed by atoms with Crippen LogP contribution in [0.5, 0.6) is 0 Å². The number of hydrogen-bond donors (Lipinski definition) is 2. The van der Waals surface area contributed by atoms with E-state index in [0.717, 1.165) is 18.9 Å². The van der Waals surface area contributed by atoms with E-state index in [1.54, 1.807) is 0 Å². The molecule has 0 rings (SSSR count). The molecular formula is C10H24N4. The molecule has 0 aliphatic rings. The fraction of sp³-hybridized carbons (Fsp3) is 0.900. The first kappa shape index (κ1) is 13.2. The molecule has 84 valence electrons. The van der Waals surface area contributed by atoms with Crippen LogP contribution < -0.4 is 11.3 Å². The van der Waals surface area contributed by atoms with Crippen LogP contribution >= 0.6 is 0 Å². The van der Waals surface area contributed by atoms with E-state index in [1.165, 1.54) is 0 Å². The van der Waals surface area contributed by atoms with Crippen molar-refractivity contribution in [1.82, 2.24) is 10.3 Å². The molecule has 0 amide bonds. The van der Waals surface area contributed by atoms with Crippen LogP contribution in [0.3, 0.4) is 0 Å². The maximum Gasteiger partial charge on any atom is 0.208 e. The van der Waals surface area contributed by atoms with Gasteiger partial charge in [0.05, 0.1) is 0 Å². The lowest BCUT2D eigenvalue weighted by molar-refractivity contribution is 0.324. The van der Waals surface area contributed by atoms with E-state index in [2.05, 4.69) is 36.1 Å². The average Bonchev–Trinajstić information content (AvgIpc) is 2.16. The fourth-order valence-electron chi connectivity index (χ4n) is 1.33. The largest absolute Gasteiger partial charge is 0.340 e. The Morgan fingerprint density at radius 3 is 2.21 bits per heavy atom. The number of hydrogen-bond acceptors (Lipinski definition) is 2. The lowest BCUT2D eigenvalue weighted by Gasteiger charge is -2.30. The zero-order chi connectivity index (χ0) is 11.1. The van der Waals surface area contributed by atoms with E-state index in [4.69, 9.17) is 5.84 Å². The van der Waals surface area contributed by atoms with Gasteiger partial charge >= 0.3 is 0 Å². The van der Waals surface area contributed by atoms with Crippen LogP contribution in [0.2, 0.25) is 0 Å². The van der Waals surface area contributed by atoms with Crippen molar-refractivity contribution >= 4 is 5.96 Å². The van der Waals surface area contributed by atoms with Gasteiger partial charge in [-0.25, -0.2) is 10.8 Å². The van der Waals surface area contributed by atoms with Crippen LogP contribution in [0.1, 0.15) is 41.0 Å². The molecule has 0 fully saturated rings. The molecule has 14 heavy (non-hydrogen) atoms. The van der Waals surface area contributed by atoms with E-state index in [9.17, 15) is 0 Å². The first-order chi connectivity index (χ1) is 6.56. The molecule has 4 heteroatoms. The second-order valence-electron chi connectivity index (χ2n) is 3.73. The molecule has 3 N–H and O–H groups in total. The Hall–Kier alpha value is -0.770. The number of hydrazine groups is 1. The summed E-state index contributed by atoms with van der Waals surface area (Å²) in [7, 11) is 0. The molecule has 0 heterocycles. The second kappa shape index (κ2) is 6.65. The molecule has 1 atom stereocenters. The van der Waals surface area contributed by atoms with Crippen molar-refractivity contribution in [3.63, 3.8) is 0 Å². The summed E-state index contributed by atoms with van der Waals surface area (Å²) in [6.07, 6.45) is 1.09. The molecule has 0 aliphatic carbocycles. The Kier molecular flexibility index (Phi) is 6.28. The molecule has 0 aromatic carbocycles. The van der Waals surface area contributed by atoms with Gasteiger partial charge in [-0.1, -0.05) is 6.92 Å². The van der Waals surface area contributed by atoms with E-state index >= 15 is 0 Å². The van der Waals surface area contributed by atoms with E-state index < -0.39 is 0 Å². The van der Waals surface area contributed by atoms with Gasteiger partial charge in [0.15, 0.2) is 0 Å². The fourth-order valence-corrected chi connectivity index (χ4v) is 1.33. The maximum absolute atomic E-state index is 5.47. The predicted octanol–water partition coefficient (Wildman–Crippen LogP) is 1.33. The topological polar surface area (TPSA) is 53.6 Å². The summed E-state index contributed by atoms with van der Waals surface area (Å²) in [6, 6.07) is 0.729. The molecule has 0 saturated carbocycles. The van der Waals surface area contributed by atoms with E-state index in [0.29, 0.717) is 6.04 Å². The molecule has 0 radical (unpaired) electrons. The van der Waals surface area contributed by atoms with Gasteiger partial charge in [0.2, 0.25) is 5.96 Å². The van der Waals surface area contributed by atoms with Crippen LogP contribution in [0.4, 0.5) is 0 Å². The maximum atomic E-state index is 5.47. The SMILES string of the molecule is CCC(C)N(CC)C(=NC(C)C)NN. The minimum atomic E-state index is 0.263. The van der Waals surface area contributed by atoms with Crippen LogP contribution in [0, 0.1) is 0 Å². The third-order valence-electron chi connectivity index (χ3n) is 2.25. The highest BCUT2D eigenvalue weighted by atomic mass is 15.4. The minimum Gasteiger partial charge on any atom is -0.340 e. The molecule has 0 saturated heterocycles. The summed E-state index contributed by atoms with van der Waals surface area (Å²) in [6.45, 7) is 11.5. The number of nitrogens with two attached hydrogens (primary N) is 1. The second-order valence-corrected chi connectivity index (χ2v) is 3.73. The summed E-state index contributed by atoms with van der Waals surface area (Å²) >= 11 is 0. The van der Waals surface area contributed by atoms with Crippen LogP contribution in [-0.4, -0.2) is 29.5 Å². The summed E-state index contributed by atoms with van der Waals surface area (Å²) in [5.41, 5.74) is 2.68. The number of rotatable bonds is 4. The summed E-state index contributed by atoms with van der Waals surface area (Å²) in [5, 5.41) is 0. The third-order valence-corrected chi connectivity index (χ3v) is 2.25. The Morgan fingerprint density at radius 1 is 1.36 bits per heavy atom. The molecule has 0 spiro atoms. The highest BCUT2D eigenvalue weighted by Gasteiger charge is 2.14. The van der Waals surface area contributed by atoms with Crippen LogP contribution in [0.15, 0.2) is 4.99 Å². The van der Waals surface area contributed by atoms with Crippen molar-refractivity contribution in [3.8, 4) is 0 Å². The van der Waals surface area contributed by atoms with Gasteiger partial charge in [0, 0.05) is 18.6 Å². The predicted molar refractivity (Wildman–Crippen MR) is 62.0 cm³/mol. The van der Waals surface area contributed by atoms with Gasteiger partial charge in [-0.05, 0) is 34.1 Å². The molecule has 0 aromatic rings. The van der Waals surface area contributed by atoms with Crippen molar-refractivity contribution in [2.24, 2.45) is 10.8 Å². The van der Waals surface area contributed by atoms with Crippen molar-refractivity contribution in [1.29, 1.82) is 0 Å². The van der Waals surface area contributed by atoms with E-state index in [1.807, 2.05) is 13.8 Å². The molecular weight excluding hydrogens is 176 g/mol. The van der Waals surface area contributed by atoms with Gasteiger partial charge in [0.1, 0.15) is 0 Å². The third kappa shape index (κ3) is 3.96. The van der Waals surface area contributed by atoms with Crippen molar-refractivity contribution in [2.45, 2.75) is 53.1 Å². The highest BCUT2D eigenvalue weighted by Crippen LogP contribution is 2.04. The minimum absolute atomic E-state index is 0.263. The van der Waals surface area contributed by atoms with Crippen molar-refractivity contribution < 1.29 is 0 Å². The standard InChI is InChI=1S/C10H24N4/c1-6-9(5)14(7-2)10(13-11)12-8(3)4/h8-9H,6-7,11H2,1-5H3,(H,12,13). The van der Waals surface area contributed by atoms with Gasteiger partial charge in [-0.2, -0.15) is 0 Å². The lowest BCUT2D eigenvalue weighted by Crippen LogP contribution is -2.49. The zero-order valence-corrected chi connectivity index (χ0v) is 10.0. The van der Waals surface area contributed by atoms with Crippen molar-refractivity contribution in [2.75, 3.05) is 6.54 Å². The normalized spacial score (nSPS) is 14.4. The van der Waals surface area contributed by atoms with Gasteiger partial charge < -0.3 is 4.90 Å². The average molecular weight is 200 g/mol. The number of aliphatic imine (C=N–C) groups is 1. The highest BCUT2D eigenvalue weighted by molar-refractivity contribution is 5.79. The molecule has 0 aromatic heterocycles. The Labute approximate surface area is 87.5 Å². The van der Waals surface area contributed by atoms with Crippen LogP contribution in [0.25, 0.3) is 0 Å². The van der Waals surface area contributed by atoms with Gasteiger partial charge in [-0.3, -0.25) is 5.43 Å². The van der Waals surface area contributed by atoms with Gasteiger partial charge in [0.25, 0.3) is 0 Å². The smallest absolute Gasteiger partial charge is 0.208 e. The van der Waals surface area contributed by atoms with Crippen molar-refractivity contribution in [3.05, 3.63) is 0 Å². The Morgan fingerprint density at radius 2 is 1.93 bits per heavy atom. The number of guanidine groups is 1. The molecule has 0 bridgehead atoms. The first-order valence-electron chi connectivity index (χ1n) is 5.37. The van der Waals surface area contributed by atoms with Gasteiger partial charge in [-0.15, -0.1) is 0 Å². The quantitative estimate of drug-likeness (QED) is 0.311. The molecule has 4 nitrogen and oxygen atoms in total. The zero-order valence-electron chi connectivity index (χ0n) is 10.0. The van der Waals surface area contributed by atoms with Crippen LogP contribution in [-0.2, 0) is 0 Å². The number of nitrogens with one attached hydrogen (secondary N) is 1. The molecule has 1 unspecified atom stereocenters. The lowest BCUT2D eigenvalue weighted by atomic mass is 10.2. The summed E-state index contributed by atoms with van der Waals surface area (Å²) in [4.78, 5) is 6.62. The number of nitrogens with zero attached hydrogens (tertiary/aromatic N) is 2. The molecule has 0 aliphatic heterocycles. The Bertz CT molecular complexity index is 177. The monoisotopic (exact) mass is 200 g/mol. The Balaban J connectivity index is 4.60. The first-order valence-corrected chi connectivity index (χ1v) is 5.37. The van der Waals surface area contributed by atoms with E-state index in [-0.39, 0.29) is 6.04 Å². The summed E-state index contributed by atoms with van der Waals surface area (Å²) in [5.74, 6) is 6.26.